The molecule has 0 unspecified atom stereocenters. The minimum atomic E-state index is -3.55. The molecule has 0 amide bonds. The zero-order valence-corrected chi connectivity index (χ0v) is 11.4. The van der Waals surface area contributed by atoms with Gasteiger partial charge < -0.3 is 5.11 Å². The lowest BCUT2D eigenvalue weighted by Crippen LogP contribution is -2.41. The van der Waals surface area contributed by atoms with E-state index >= 15 is 0 Å². The quantitative estimate of drug-likeness (QED) is 0.739. The van der Waals surface area contributed by atoms with Crippen molar-refractivity contribution in [3.63, 3.8) is 0 Å². The number of hydrogen-bond donors (Lipinski definition) is 1. The molecule has 0 radical (unpaired) electrons. The van der Waals surface area contributed by atoms with Gasteiger partial charge >= 0.3 is 0 Å². The summed E-state index contributed by atoms with van der Waals surface area (Å²) in [5.74, 6) is 0.758. The lowest BCUT2D eigenvalue weighted by atomic mass is 10.6. The summed E-state index contributed by atoms with van der Waals surface area (Å²) in [6.07, 6.45) is 2.67. The molecule has 0 aromatic carbocycles. The van der Waals surface area contributed by atoms with Crippen molar-refractivity contribution in [3.8, 4) is 0 Å². The molecule has 102 valence electrons. The molecule has 0 atom stereocenters. The minimum Gasteiger partial charge on any atom is -0.394 e. The predicted molar refractivity (Wildman–Crippen MR) is 65.9 cm³/mol. The highest BCUT2D eigenvalue weighted by Crippen LogP contribution is 2.16. The number of aliphatic hydroxyl groups is 1. The highest BCUT2D eigenvalue weighted by Gasteiger charge is 2.29. The molecular formula is C9H15N3O4S2. The lowest BCUT2D eigenvalue weighted by Gasteiger charge is -2.24. The van der Waals surface area contributed by atoms with Gasteiger partial charge in [0.25, 0.3) is 0 Å². The Kier molecular flexibility index (Phi) is 4.15. The minimum absolute atomic E-state index is 0.0934. The highest BCUT2D eigenvalue weighted by atomic mass is 32.2. The summed E-state index contributed by atoms with van der Waals surface area (Å²) < 4.78 is 38.4. The van der Waals surface area contributed by atoms with Crippen molar-refractivity contribution >= 4 is 20.8 Å². The topological polar surface area (TPSA) is 92.5 Å². The first-order valence-corrected chi connectivity index (χ1v) is 8.45. The summed E-state index contributed by atoms with van der Waals surface area (Å²) in [6, 6.07) is 0. The van der Waals surface area contributed by atoms with Crippen LogP contribution in [0.3, 0.4) is 0 Å². The Morgan fingerprint density at radius 2 is 2.06 bits per heavy atom. The van der Waals surface area contributed by atoms with E-state index < -0.39 is 20.8 Å². The number of hydrogen-bond acceptors (Lipinski definition) is 5. The molecule has 7 nitrogen and oxygen atoms in total. The fourth-order valence-electron chi connectivity index (χ4n) is 1.71. The molecule has 1 fully saturated rings. The third-order valence-corrected chi connectivity index (χ3v) is 5.84. The number of rotatable bonds is 4. The summed E-state index contributed by atoms with van der Waals surface area (Å²) in [7, 11) is -4.46. The van der Waals surface area contributed by atoms with Gasteiger partial charge in [0.1, 0.15) is 4.90 Å². The fraction of sp³-hybridized carbons (Fsp3) is 0.667. The van der Waals surface area contributed by atoms with E-state index in [1.54, 1.807) is 0 Å². The SMILES string of the molecule is O=S1CCN(S(=O)(=O)c2cnn(CCO)c2)CC1. The number of nitrogens with zero attached hydrogens (tertiary/aromatic N) is 3. The van der Waals surface area contributed by atoms with E-state index in [0.29, 0.717) is 11.5 Å². The van der Waals surface area contributed by atoms with Crippen molar-refractivity contribution in [1.29, 1.82) is 0 Å². The summed E-state index contributed by atoms with van der Waals surface area (Å²) in [5, 5.41) is 12.6. The summed E-state index contributed by atoms with van der Waals surface area (Å²) >= 11 is 0. The van der Waals surface area contributed by atoms with Crippen molar-refractivity contribution in [1.82, 2.24) is 14.1 Å². The van der Waals surface area contributed by atoms with Gasteiger partial charge in [-0.15, -0.1) is 0 Å². The van der Waals surface area contributed by atoms with Crippen LogP contribution in [0.1, 0.15) is 0 Å². The van der Waals surface area contributed by atoms with Crippen LogP contribution in [-0.2, 0) is 27.4 Å². The molecule has 9 heteroatoms. The molecule has 1 aliphatic heterocycles. The highest BCUT2D eigenvalue weighted by molar-refractivity contribution is 7.89. The Morgan fingerprint density at radius 3 is 2.67 bits per heavy atom. The van der Waals surface area contributed by atoms with Crippen molar-refractivity contribution in [3.05, 3.63) is 12.4 Å². The van der Waals surface area contributed by atoms with Crippen LogP contribution in [0, 0.1) is 0 Å². The third-order valence-electron chi connectivity index (χ3n) is 2.71. The summed E-state index contributed by atoms with van der Waals surface area (Å²) in [5.41, 5.74) is 0. The first-order valence-electron chi connectivity index (χ1n) is 5.52. The first kappa shape index (κ1) is 13.7. The summed E-state index contributed by atoms with van der Waals surface area (Å²) in [4.78, 5) is 0.114. The van der Waals surface area contributed by atoms with Crippen molar-refractivity contribution in [2.45, 2.75) is 11.4 Å². The van der Waals surface area contributed by atoms with Crippen molar-refractivity contribution in [2.75, 3.05) is 31.2 Å². The monoisotopic (exact) mass is 293 g/mol. The normalized spacial score (nSPS) is 19.2. The van der Waals surface area contributed by atoms with E-state index in [2.05, 4.69) is 5.10 Å². The average Bonchev–Trinajstić information content (AvgIpc) is 2.79. The Labute approximate surface area is 108 Å². The number of aromatic nitrogens is 2. The van der Waals surface area contributed by atoms with Crippen LogP contribution in [0.25, 0.3) is 0 Å². The van der Waals surface area contributed by atoms with Gasteiger partial charge in [-0.2, -0.15) is 9.40 Å². The van der Waals surface area contributed by atoms with Crippen LogP contribution < -0.4 is 0 Å². The average molecular weight is 293 g/mol. The fourth-order valence-corrected chi connectivity index (χ4v) is 4.39. The summed E-state index contributed by atoms with van der Waals surface area (Å²) in [6.45, 7) is 0.726. The molecule has 1 aromatic rings. The zero-order valence-electron chi connectivity index (χ0n) is 9.73. The van der Waals surface area contributed by atoms with Gasteiger partial charge in [0.05, 0.1) is 19.3 Å². The molecule has 0 saturated carbocycles. The molecule has 0 spiro atoms. The molecule has 0 bridgehead atoms. The van der Waals surface area contributed by atoms with Gasteiger partial charge in [-0.1, -0.05) is 0 Å². The molecule has 18 heavy (non-hydrogen) atoms. The van der Waals surface area contributed by atoms with Crippen LogP contribution in [0.15, 0.2) is 17.3 Å². The van der Waals surface area contributed by atoms with Gasteiger partial charge in [-0.25, -0.2) is 8.42 Å². The molecular weight excluding hydrogens is 278 g/mol. The van der Waals surface area contributed by atoms with E-state index in [9.17, 15) is 12.6 Å². The van der Waals surface area contributed by atoms with E-state index in [1.807, 2.05) is 0 Å². The molecule has 2 rings (SSSR count). The first-order chi connectivity index (χ1) is 8.54. The van der Waals surface area contributed by atoms with Gasteiger partial charge in [-0.05, 0) is 0 Å². The molecule has 2 heterocycles. The van der Waals surface area contributed by atoms with E-state index in [1.165, 1.54) is 21.4 Å². The second kappa shape index (κ2) is 5.47. The maximum Gasteiger partial charge on any atom is 0.246 e. The van der Waals surface area contributed by atoms with Crippen LogP contribution in [0.2, 0.25) is 0 Å². The molecule has 0 aliphatic carbocycles. The standard InChI is InChI=1S/C9H15N3O4S2/c13-4-1-11-8-9(7-10-11)18(15,16)12-2-5-17(14)6-3-12/h7-8,13H,1-6H2. The lowest BCUT2D eigenvalue weighted by molar-refractivity contribution is 0.269. The van der Waals surface area contributed by atoms with Gasteiger partial charge in [-0.3, -0.25) is 8.89 Å². The van der Waals surface area contributed by atoms with Gasteiger partial charge in [0.15, 0.2) is 0 Å². The largest absolute Gasteiger partial charge is 0.394 e. The van der Waals surface area contributed by atoms with Gasteiger partial charge in [0, 0.05) is 41.6 Å². The van der Waals surface area contributed by atoms with Crippen LogP contribution in [-0.4, -0.2) is 63.0 Å². The Morgan fingerprint density at radius 1 is 1.39 bits per heavy atom. The smallest absolute Gasteiger partial charge is 0.246 e. The second-order valence-electron chi connectivity index (χ2n) is 3.91. The van der Waals surface area contributed by atoms with Crippen LogP contribution in [0.4, 0.5) is 0 Å². The zero-order chi connectivity index (χ0) is 13.2. The number of aliphatic hydroxyl groups excluding tert-OH is 1. The molecule has 1 N–H and O–H groups in total. The Balaban J connectivity index is 2.16. The second-order valence-corrected chi connectivity index (χ2v) is 7.55. The van der Waals surface area contributed by atoms with Gasteiger partial charge in [0.2, 0.25) is 10.0 Å². The predicted octanol–water partition coefficient (Wildman–Crippen LogP) is -1.37. The Bertz CT molecular complexity index is 530. The molecule has 1 saturated heterocycles. The maximum absolute atomic E-state index is 12.2. The van der Waals surface area contributed by atoms with Crippen molar-refractivity contribution < 1.29 is 17.7 Å². The van der Waals surface area contributed by atoms with Crippen molar-refractivity contribution in [2.24, 2.45) is 0 Å². The Hall–Kier alpha value is -0.770. The maximum atomic E-state index is 12.2. The number of sulfonamides is 1. The van der Waals surface area contributed by atoms with E-state index in [0.717, 1.165) is 0 Å². The third kappa shape index (κ3) is 2.79. The van der Waals surface area contributed by atoms with E-state index in [4.69, 9.17) is 5.11 Å². The molecule has 1 aliphatic rings. The molecule has 1 aromatic heterocycles. The van der Waals surface area contributed by atoms with E-state index in [-0.39, 0.29) is 31.1 Å². The van der Waals surface area contributed by atoms with Crippen LogP contribution in [0.5, 0.6) is 0 Å². The van der Waals surface area contributed by atoms with Crippen LogP contribution >= 0.6 is 0 Å².